The largest absolute Gasteiger partial charge is 0.365 e. The maximum Gasteiger partial charge on any atom is 0.267 e. The Morgan fingerprint density at radius 2 is 1.92 bits per heavy atom. The second-order valence-corrected chi connectivity index (χ2v) is 6.68. The van der Waals surface area contributed by atoms with E-state index in [1.807, 2.05) is 6.07 Å². The molecule has 0 saturated heterocycles. The molecule has 6 nitrogen and oxygen atoms in total. The van der Waals surface area contributed by atoms with Crippen LogP contribution in [0, 0.1) is 5.82 Å². The Kier molecular flexibility index (Phi) is 4.00. The standard InChI is InChI=1S/C17H20FN5O/c18-14-9-19-10-20-17(14)21-12-3-5-13(6-4-12)23-16(24)8-7-15(22-23)11-1-2-11/h7-13H,1-6H2,(H,19,20,21). The fourth-order valence-corrected chi connectivity index (χ4v) is 3.38. The highest BCUT2D eigenvalue weighted by Gasteiger charge is 2.28. The summed E-state index contributed by atoms with van der Waals surface area (Å²) in [4.78, 5) is 19.7. The third-order valence-corrected chi connectivity index (χ3v) is 4.89. The van der Waals surface area contributed by atoms with Crippen molar-refractivity contribution in [1.82, 2.24) is 19.7 Å². The van der Waals surface area contributed by atoms with Crippen LogP contribution in [0.1, 0.15) is 56.2 Å². The second kappa shape index (κ2) is 6.30. The van der Waals surface area contributed by atoms with E-state index in [4.69, 9.17) is 0 Å². The van der Waals surface area contributed by atoms with E-state index in [0.29, 0.717) is 5.92 Å². The van der Waals surface area contributed by atoms with Gasteiger partial charge in [0.2, 0.25) is 0 Å². The van der Waals surface area contributed by atoms with Crippen molar-refractivity contribution in [2.45, 2.75) is 56.5 Å². The highest BCUT2D eigenvalue weighted by molar-refractivity contribution is 5.35. The molecule has 2 aliphatic carbocycles. The van der Waals surface area contributed by atoms with Gasteiger partial charge in [0.25, 0.3) is 5.56 Å². The van der Waals surface area contributed by atoms with E-state index in [1.54, 1.807) is 10.7 Å². The number of nitrogens with one attached hydrogen (secondary N) is 1. The van der Waals surface area contributed by atoms with Crippen LogP contribution < -0.4 is 10.9 Å². The summed E-state index contributed by atoms with van der Waals surface area (Å²) in [5.41, 5.74) is 1.01. The van der Waals surface area contributed by atoms with Crippen molar-refractivity contribution < 1.29 is 4.39 Å². The summed E-state index contributed by atoms with van der Waals surface area (Å²) < 4.78 is 15.3. The predicted molar refractivity (Wildman–Crippen MR) is 87.4 cm³/mol. The van der Waals surface area contributed by atoms with Crippen LogP contribution in [0.3, 0.4) is 0 Å². The Bertz CT molecular complexity index is 781. The normalized spacial score (nSPS) is 23.9. The maximum atomic E-state index is 13.6. The molecule has 2 aromatic rings. The number of hydrogen-bond donors (Lipinski definition) is 1. The van der Waals surface area contributed by atoms with Gasteiger partial charge in [-0.3, -0.25) is 4.79 Å². The Labute approximate surface area is 139 Å². The zero-order valence-corrected chi connectivity index (χ0v) is 13.4. The highest BCUT2D eigenvalue weighted by atomic mass is 19.1. The van der Waals surface area contributed by atoms with Gasteiger partial charge in [0.05, 0.1) is 17.9 Å². The first-order chi connectivity index (χ1) is 11.7. The molecular weight excluding hydrogens is 309 g/mol. The fraction of sp³-hybridized carbons (Fsp3) is 0.529. The minimum atomic E-state index is -0.436. The summed E-state index contributed by atoms with van der Waals surface area (Å²) in [6.07, 6.45) is 8.26. The monoisotopic (exact) mass is 329 g/mol. The van der Waals surface area contributed by atoms with E-state index >= 15 is 0 Å². The SMILES string of the molecule is O=c1ccc(C2CC2)nn1C1CCC(Nc2ncncc2F)CC1. The first kappa shape index (κ1) is 15.2. The summed E-state index contributed by atoms with van der Waals surface area (Å²) in [7, 11) is 0. The van der Waals surface area contributed by atoms with Crippen molar-refractivity contribution in [1.29, 1.82) is 0 Å². The van der Waals surface area contributed by atoms with Crippen LogP contribution in [0.4, 0.5) is 10.2 Å². The molecule has 2 aliphatic rings. The van der Waals surface area contributed by atoms with Crippen molar-refractivity contribution in [3.8, 4) is 0 Å². The second-order valence-electron chi connectivity index (χ2n) is 6.68. The van der Waals surface area contributed by atoms with Gasteiger partial charge in [0.15, 0.2) is 11.6 Å². The number of hydrogen-bond acceptors (Lipinski definition) is 5. The Morgan fingerprint density at radius 1 is 1.12 bits per heavy atom. The van der Waals surface area contributed by atoms with E-state index in [1.165, 1.54) is 19.2 Å². The molecule has 1 N–H and O–H groups in total. The average molecular weight is 329 g/mol. The third-order valence-electron chi connectivity index (χ3n) is 4.89. The third kappa shape index (κ3) is 3.16. The summed E-state index contributed by atoms with van der Waals surface area (Å²) >= 11 is 0. The molecule has 2 heterocycles. The summed E-state index contributed by atoms with van der Waals surface area (Å²) in [5, 5.41) is 7.73. The number of aromatic nitrogens is 4. The molecule has 0 amide bonds. The van der Waals surface area contributed by atoms with Gasteiger partial charge in [0.1, 0.15) is 6.33 Å². The van der Waals surface area contributed by atoms with Crippen molar-refractivity contribution in [3.63, 3.8) is 0 Å². The Morgan fingerprint density at radius 3 is 2.62 bits per heavy atom. The van der Waals surface area contributed by atoms with E-state index in [9.17, 15) is 9.18 Å². The lowest BCUT2D eigenvalue weighted by Crippen LogP contribution is -2.33. The van der Waals surface area contributed by atoms with E-state index in [2.05, 4.69) is 20.4 Å². The molecular formula is C17H20FN5O. The quantitative estimate of drug-likeness (QED) is 0.933. The molecule has 0 aromatic carbocycles. The van der Waals surface area contributed by atoms with Crippen molar-refractivity contribution >= 4 is 5.82 Å². The summed E-state index contributed by atoms with van der Waals surface area (Å²) in [6.45, 7) is 0. The van der Waals surface area contributed by atoms with Crippen LogP contribution in [0.15, 0.2) is 29.5 Å². The Hall–Kier alpha value is -2.31. The van der Waals surface area contributed by atoms with Crippen molar-refractivity contribution in [3.05, 3.63) is 46.5 Å². The minimum Gasteiger partial charge on any atom is -0.365 e. The summed E-state index contributed by atoms with van der Waals surface area (Å²) in [5.74, 6) is 0.352. The van der Waals surface area contributed by atoms with Gasteiger partial charge in [-0.05, 0) is 44.6 Å². The lowest BCUT2D eigenvalue weighted by Gasteiger charge is -2.30. The molecule has 2 fully saturated rings. The van der Waals surface area contributed by atoms with Gasteiger partial charge in [-0.25, -0.2) is 19.0 Å². The number of rotatable bonds is 4. The average Bonchev–Trinajstić information content (AvgIpc) is 3.43. The number of halogens is 1. The van der Waals surface area contributed by atoms with Gasteiger partial charge in [-0.15, -0.1) is 0 Å². The molecule has 2 aromatic heterocycles. The maximum absolute atomic E-state index is 13.6. The van der Waals surface area contributed by atoms with Crippen LogP contribution in [0.5, 0.6) is 0 Å². The zero-order valence-electron chi connectivity index (χ0n) is 13.4. The minimum absolute atomic E-state index is 0.0299. The van der Waals surface area contributed by atoms with Gasteiger partial charge in [-0.1, -0.05) is 0 Å². The molecule has 24 heavy (non-hydrogen) atoms. The molecule has 0 aliphatic heterocycles. The molecule has 0 radical (unpaired) electrons. The number of nitrogens with zero attached hydrogens (tertiary/aromatic N) is 4. The molecule has 0 unspecified atom stereocenters. The van der Waals surface area contributed by atoms with Crippen LogP contribution in [0.2, 0.25) is 0 Å². The number of anilines is 1. The lowest BCUT2D eigenvalue weighted by atomic mass is 9.91. The molecule has 0 spiro atoms. The molecule has 0 bridgehead atoms. The van der Waals surface area contributed by atoms with Crippen molar-refractivity contribution in [2.24, 2.45) is 0 Å². The van der Waals surface area contributed by atoms with E-state index < -0.39 is 5.82 Å². The molecule has 7 heteroatoms. The molecule has 4 rings (SSSR count). The van der Waals surface area contributed by atoms with E-state index in [-0.39, 0.29) is 23.5 Å². The Balaban J connectivity index is 1.42. The van der Waals surface area contributed by atoms with Crippen LogP contribution >= 0.6 is 0 Å². The van der Waals surface area contributed by atoms with Gasteiger partial charge < -0.3 is 5.32 Å². The van der Waals surface area contributed by atoms with Crippen LogP contribution in [-0.2, 0) is 0 Å². The first-order valence-corrected chi connectivity index (χ1v) is 8.52. The molecule has 126 valence electrons. The fourth-order valence-electron chi connectivity index (χ4n) is 3.38. The van der Waals surface area contributed by atoms with E-state index in [0.717, 1.165) is 37.6 Å². The zero-order chi connectivity index (χ0) is 16.5. The van der Waals surface area contributed by atoms with Crippen LogP contribution in [0.25, 0.3) is 0 Å². The van der Waals surface area contributed by atoms with Gasteiger partial charge >= 0.3 is 0 Å². The topological polar surface area (TPSA) is 72.7 Å². The molecule has 2 saturated carbocycles. The van der Waals surface area contributed by atoms with Crippen molar-refractivity contribution in [2.75, 3.05) is 5.32 Å². The highest BCUT2D eigenvalue weighted by Crippen LogP contribution is 2.38. The lowest BCUT2D eigenvalue weighted by molar-refractivity contribution is 0.301. The van der Waals surface area contributed by atoms with Gasteiger partial charge in [0, 0.05) is 18.0 Å². The molecule has 0 atom stereocenters. The first-order valence-electron chi connectivity index (χ1n) is 8.52. The smallest absolute Gasteiger partial charge is 0.267 e. The van der Waals surface area contributed by atoms with Crippen LogP contribution in [-0.4, -0.2) is 25.8 Å². The summed E-state index contributed by atoms with van der Waals surface area (Å²) in [6, 6.07) is 3.79. The predicted octanol–water partition coefficient (Wildman–Crippen LogP) is 2.65. The van der Waals surface area contributed by atoms with Gasteiger partial charge in [-0.2, -0.15) is 5.10 Å².